The van der Waals surface area contributed by atoms with E-state index in [1.165, 1.54) is 11.3 Å². The number of ether oxygens (including phenoxy) is 1. The number of nitrogens with zero attached hydrogens (tertiary/aromatic N) is 1. The van der Waals surface area contributed by atoms with Crippen molar-refractivity contribution in [2.24, 2.45) is 0 Å². The molecule has 1 aromatic carbocycles. The van der Waals surface area contributed by atoms with Crippen LogP contribution in [0.3, 0.4) is 0 Å². The van der Waals surface area contributed by atoms with Crippen LogP contribution in [0.25, 0.3) is 10.1 Å². The number of rotatable bonds is 5. The largest absolute Gasteiger partial charge is 0.466 e. The Bertz CT molecular complexity index is 663. The maximum Gasteiger partial charge on any atom is 0.307 e. The Morgan fingerprint density at radius 2 is 2.00 bits per heavy atom. The number of fused-ring (bicyclic) bond motifs is 1. The molecule has 0 N–H and O–H groups in total. The molecule has 2 rings (SSSR count). The topological polar surface area (TPSA) is 46.6 Å². The summed E-state index contributed by atoms with van der Waals surface area (Å²) in [6.07, 6.45) is 0.222. The minimum absolute atomic E-state index is 0.0435. The van der Waals surface area contributed by atoms with Gasteiger partial charge in [0, 0.05) is 18.3 Å². The summed E-state index contributed by atoms with van der Waals surface area (Å²) in [5.41, 5.74) is 1.00. The molecule has 1 heterocycles. The number of thiophene rings is 1. The molecule has 0 saturated heterocycles. The van der Waals surface area contributed by atoms with Crippen molar-refractivity contribution < 1.29 is 14.3 Å². The van der Waals surface area contributed by atoms with Crippen LogP contribution in [0, 0.1) is 6.92 Å². The Morgan fingerprint density at radius 3 is 2.67 bits per heavy atom. The summed E-state index contributed by atoms with van der Waals surface area (Å²) in [5, 5.41) is 1.12. The third-order valence-corrected chi connectivity index (χ3v) is 4.60. The lowest BCUT2D eigenvalue weighted by atomic mass is 10.1. The average Bonchev–Trinajstić information content (AvgIpc) is 2.82. The third kappa shape index (κ3) is 3.42. The van der Waals surface area contributed by atoms with Crippen LogP contribution in [0.4, 0.5) is 0 Å². The highest BCUT2D eigenvalue weighted by Gasteiger charge is 2.19. The van der Waals surface area contributed by atoms with Gasteiger partial charge in [-0.2, -0.15) is 0 Å². The monoisotopic (exact) mass is 305 g/mol. The first-order valence-corrected chi connectivity index (χ1v) is 7.75. The SMILES string of the molecule is CCOC(=O)CCN(C)C(=O)c1sc2ccccc2c1C. The Hall–Kier alpha value is -1.88. The minimum Gasteiger partial charge on any atom is -0.466 e. The molecule has 0 fully saturated rings. The van der Waals surface area contributed by atoms with E-state index in [-0.39, 0.29) is 18.3 Å². The summed E-state index contributed by atoms with van der Waals surface area (Å²) >= 11 is 1.50. The van der Waals surface area contributed by atoms with E-state index in [1.54, 1.807) is 18.9 Å². The number of carbonyl (C=O) groups excluding carboxylic acids is 2. The third-order valence-electron chi connectivity index (χ3n) is 3.34. The highest BCUT2D eigenvalue weighted by Crippen LogP contribution is 2.31. The molecular formula is C16H19NO3S. The van der Waals surface area contributed by atoms with Gasteiger partial charge in [0.05, 0.1) is 17.9 Å². The van der Waals surface area contributed by atoms with Gasteiger partial charge in [0.25, 0.3) is 5.91 Å². The number of hydrogen-bond donors (Lipinski definition) is 0. The lowest BCUT2D eigenvalue weighted by Gasteiger charge is -2.16. The van der Waals surface area contributed by atoms with Crippen molar-refractivity contribution in [3.05, 3.63) is 34.7 Å². The van der Waals surface area contributed by atoms with Gasteiger partial charge in [-0.25, -0.2) is 0 Å². The first-order valence-electron chi connectivity index (χ1n) is 6.93. The average molecular weight is 305 g/mol. The second-order valence-electron chi connectivity index (χ2n) is 4.83. The number of esters is 1. The Labute approximate surface area is 128 Å². The minimum atomic E-state index is -0.273. The molecule has 4 nitrogen and oxygen atoms in total. The molecule has 5 heteroatoms. The van der Waals surface area contributed by atoms with Gasteiger partial charge >= 0.3 is 5.97 Å². The molecule has 1 amide bonds. The molecule has 0 aliphatic carbocycles. The second kappa shape index (κ2) is 6.72. The van der Waals surface area contributed by atoms with E-state index in [4.69, 9.17) is 4.74 Å². The fourth-order valence-corrected chi connectivity index (χ4v) is 3.35. The molecule has 0 radical (unpaired) electrons. The van der Waals surface area contributed by atoms with Crippen LogP contribution in [0.2, 0.25) is 0 Å². The van der Waals surface area contributed by atoms with Crippen LogP contribution < -0.4 is 0 Å². The Morgan fingerprint density at radius 1 is 1.29 bits per heavy atom. The zero-order valence-corrected chi connectivity index (χ0v) is 13.3. The Balaban J connectivity index is 2.11. The van der Waals surface area contributed by atoms with Crippen molar-refractivity contribution in [1.82, 2.24) is 4.90 Å². The van der Waals surface area contributed by atoms with E-state index in [9.17, 15) is 9.59 Å². The van der Waals surface area contributed by atoms with E-state index >= 15 is 0 Å². The summed E-state index contributed by atoms with van der Waals surface area (Å²) in [4.78, 5) is 26.2. The first-order chi connectivity index (χ1) is 10.0. The first kappa shape index (κ1) is 15.5. The van der Waals surface area contributed by atoms with Crippen molar-refractivity contribution in [1.29, 1.82) is 0 Å². The number of benzene rings is 1. The van der Waals surface area contributed by atoms with Crippen LogP contribution in [0.15, 0.2) is 24.3 Å². The van der Waals surface area contributed by atoms with E-state index in [2.05, 4.69) is 0 Å². The van der Waals surface area contributed by atoms with E-state index in [0.29, 0.717) is 13.2 Å². The molecule has 0 atom stereocenters. The van der Waals surface area contributed by atoms with Gasteiger partial charge in [-0.3, -0.25) is 9.59 Å². The summed E-state index contributed by atoms with van der Waals surface area (Å²) in [6, 6.07) is 7.98. The normalized spacial score (nSPS) is 10.6. The molecule has 1 aromatic heterocycles. The van der Waals surface area contributed by atoms with Crippen molar-refractivity contribution in [2.45, 2.75) is 20.3 Å². The van der Waals surface area contributed by atoms with Crippen LogP contribution in [-0.4, -0.2) is 37.0 Å². The molecular weight excluding hydrogens is 286 g/mol. The smallest absolute Gasteiger partial charge is 0.307 e. The predicted molar refractivity (Wildman–Crippen MR) is 84.8 cm³/mol. The quantitative estimate of drug-likeness (QED) is 0.797. The van der Waals surface area contributed by atoms with Crippen LogP contribution in [0.5, 0.6) is 0 Å². The molecule has 0 aliphatic heterocycles. The number of aryl methyl sites for hydroxylation is 1. The maximum atomic E-state index is 12.5. The maximum absolute atomic E-state index is 12.5. The van der Waals surface area contributed by atoms with Gasteiger partial charge in [-0.05, 0) is 30.9 Å². The molecule has 21 heavy (non-hydrogen) atoms. The van der Waals surface area contributed by atoms with Crippen LogP contribution >= 0.6 is 11.3 Å². The van der Waals surface area contributed by atoms with Crippen LogP contribution in [0.1, 0.15) is 28.6 Å². The van der Waals surface area contributed by atoms with Crippen molar-refractivity contribution >= 4 is 33.3 Å². The fourth-order valence-electron chi connectivity index (χ4n) is 2.15. The molecule has 0 bridgehead atoms. The van der Waals surface area contributed by atoms with Crippen LogP contribution in [-0.2, 0) is 9.53 Å². The van der Waals surface area contributed by atoms with Crippen molar-refractivity contribution in [3.63, 3.8) is 0 Å². The number of hydrogen-bond acceptors (Lipinski definition) is 4. The number of carbonyl (C=O) groups is 2. The molecule has 0 spiro atoms. The summed E-state index contributed by atoms with van der Waals surface area (Å²) in [5.74, 6) is -0.316. The van der Waals surface area contributed by atoms with Gasteiger partial charge in [0.2, 0.25) is 0 Å². The highest BCUT2D eigenvalue weighted by molar-refractivity contribution is 7.21. The van der Waals surface area contributed by atoms with Gasteiger partial charge < -0.3 is 9.64 Å². The Kier molecular flexibility index (Phi) is 4.96. The van der Waals surface area contributed by atoms with Gasteiger partial charge in [0.15, 0.2) is 0 Å². The van der Waals surface area contributed by atoms with E-state index < -0.39 is 0 Å². The summed E-state index contributed by atoms with van der Waals surface area (Å²) in [6.45, 7) is 4.47. The fraction of sp³-hybridized carbons (Fsp3) is 0.375. The second-order valence-corrected chi connectivity index (χ2v) is 5.89. The summed E-state index contributed by atoms with van der Waals surface area (Å²) < 4.78 is 5.98. The predicted octanol–water partition coefficient (Wildman–Crippen LogP) is 3.23. The van der Waals surface area contributed by atoms with E-state index in [1.807, 2.05) is 31.2 Å². The molecule has 0 saturated carbocycles. The number of amides is 1. The zero-order chi connectivity index (χ0) is 15.4. The lowest BCUT2D eigenvalue weighted by molar-refractivity contribution is -0.143. The summed E-state index contributed by atoms with van der Waals surface area (Å²) in [7, 11) is 1.71. The molecule has 0 aliphatic rings. The van der Waals surface area contributed by atoms with E-state index in [0.717, 1.165) is 20.5 Å². The lowest BCUT2D eigenvalue weighted by Crippen LogP contribution is -2.29. The highest BCUT2D eigenvalue weighted by atomic mass is 32.1. The van der Waals surface area contributed by atoms with Crippen molar-refractivity contribution in [2.75, 3.05) is 20.2 Å². The van der Waals surface area contributed by atoms with Gasteiger partial charge in [-0.1, -0.05) is 18.2 Å². The van der Waals surface area contributed by atoms with Gasteiger partial charge in [0.1, 0.15) is 0 Å². The zero-order valence-electron chi connectivity index (χ0n) is 12.5. The van der Waals surface area contributed by atoms with Gasteiger partial charge in [-0.15, -0.1) is 11.3 Å². The molecule has 112 valence electrons. The standard InChI is InChI=1S/C16H19NO3S/c1-4-20-14(18)9-10-17(3)16(19)15-11(2)12-7-5-6-8-13(12)21-15/h5-8H,4,9-10H2,1-3H3. The molecule has 2 aromatic rings. The molecule has 0 unspecified atom stereocenters. The van der Waals surface area contributed by atoms with Crippen molar-refractivity contribution in [3.8, 4) is 0 Å².